The summed E-state index contributed by atoms with van der Waals surface area (Å²) < 4.78 is 0. The zero-order valence-electron chi connectivity index (χ0n) is 12.5. The van der Waals surface area contributed by atoms with Crippen LogP contribution in [0.15, 0.2) is 54.6 Å². The maximum Gasteiger partial charge on any atom is 0.0399 e. The molecule has 1 aliphatic carbocycles. The highest BCUT2D eigenvalue weighted by Crippen LogP contribution is 2.50. The van der Waals surface area contributed by atoms with Crippen LogP contribution in [0.25, 0.3) is 0 Å². The molecule has 1 nitrogen and oxygen atoms in total. The zero-order valence-corrected chi connectivity index (χ0v) is 12.5. The summed E-state index contributed by atoms with van der Waals surface area (Å²) in [5.74, 6) is 0. The number of anilines is 1. The lowest BCUT2D eigenvalue weighted by atomic mass is 9.65. The highest BCUT2D eigenvalue weighted by atomic mass is 15.0. The van der Waals surface area contributed by atoms with E-state index in [0.29, 0.717) is 11.5 Å². The molecule has 1 aliphatic heterocycles. The van der Waals surface area contributed by atoms with Crippen LogP contribution in [0.1, 0.15) is 43.2 Å². The molecule has 0 aromatic heterocycles. The van der Waals surface area contributed by atoms with Crippen LogP contribution in [0, 0.1) is 0 Å². The summed E-state index contributed by atoms with van der Waals surface area (Å²) in [4.78, 5) is 0. The number of benzene rings is 2. The van der Waals surface area contributed by atoms with E-state index in [2.05, 4.69) is 59.9 Å². The van der Waals surface area contributed by atoms with Gasteiger partial charge in [0.05, 0.1) is 0 Å². The Kier molecular flexibility index (Phi) is 3.21. The molecule has 2 aliphatic rings. The molecule has 21 heavy (non-hydrogen) atoms. The Labute approximate surface area is 127 Å². The Morgan fingerprint density at radius 2 is 1.57 bits per heavy atom. The molecule has 1 unspecified atom stereocenters. The van der Waals surface area contributed by atoms with Gasteiger partial charge in [-0.3, -0.25) is 0 Å². The van der Waals surface area contributed by atoms with Crippen LogP contribution in [0.4, 0.5) is 5.69 Å². The Bertz CT molecular complexity index is 611. The van der Waals surface area contributed by atoms with E-state index >= 15 is 0 Å². The highest BCUT2D eigenvalue weighted by molar-refractivity contribution is 5.62. The van der Waals surface area contributed by atoms with Gasteiger partial charge in [0, 0.05) is 17.1 Å². The van der Waals surface area contributed by atoms with Gasteiger partial charge in [-0.1, -0.05) is 67.8 Å². The van der Waals surface area contributed by atoms with Crippen LogP contribution in [0.2, 0.25) is 0 Å². The Hall–Kier alpha value is -1.76. The standard InChI is InChI=1S/C20H23N/c1-3-9-16(10-4-1)15-19-20(13-7-2-8-14-20)17-11-5-6-12-18(17)21-19/h1,3-6,9-12,19,21H,2,7-8,13-15H2. The molecule has 2 aromatic rings. The van der Waals surface area contributed by atoms with Crippen molar-refractivity contribution in [3.05, 3.63) is 65.7 Å². The molecule has 0 bridgehead atoms. The molecule has 1 heterocycles. The zero-order chi connectivity index (χ0) is 14.1. The van der Waals surface area contributed by atoms with E-state index in [0.717, 1.165) is 6.42 Å². The van der Waals surface area contributed by atoms with Crippen molar-refractivity contribution in [2.45, 2.75) is 50.0 Å². The largest absolute Gasteiger partial charge is 0.381 e. The molecule has 1 spiro atoms. The smallest absolute Gasteiger partial charge is 0.0399 e. The van der Waals surface area contributed by atoms with Gasteiger partial charge in [-0.25, -0.2) is 0 Å². The Morgan fingerprint density at radius 1 is 0.857 bits per heavy atom. The van der Waals surface area contributed by atoms with Crippen molar-refractivity contribution in [2.75, 3.05) is 5.32 Å². The molecule has 1 heteroatoms. The molecule has 0 radical (unpaired) electrons. The average molecular weight is 277 g/mol. The summed E-state index contributed by atoms with van der Waals surface area (Å²) in [7, 11) is 0. The van der Waals surface area contributed by atoms with E-state index in [9.17, 15) is 0 Å². The average Bonchev–Trinajstić information content (AvgIpc) is 2.83. The predicted molar refractivity (Wildman–Crippen MR) is 88.8 cm³/mol. The van der Waals surface area contributed by atoms with Gasteiger partial charge in [0.1, 0.15) is 0 Å². The van der Waals surface area contributed by atoms with Crippen molar-refractivity contribution < 1.29 is 0 Å². The van der Waals surface area contributed by atoms with Crippen molar-refractivity contribution in [3.8, 4) is 0 Å². The van der Waals surface area contributed by atoms with Crippen molar-refractivity contribution in [1.29, 1.82) is 0 Å². The summed E-state index contributed by atoms with van der Waals surface area (Å²) in [5.41, 5.74) is 4.77. The third-order valence-electron chi connectivity index (χ3n) is 5.49. The molecule has 108 valence electrons. The molecule has 1 fully saturated rings. The molecule has 0 saturated heterocycles. The van der Waals surface area contributed by atoms with Gasteiger partial charge in [-0.05, 0) is 36.5 Å². The second-order valence-corrected chi connectivity index (χ2v) is 6.65. The molecular formula is C20H23N. The predicted octanol–water partition coefficient (Wildman–Crippen LogP) is 4.93. The maximum atomic E-state index is 3.84. The lowest BCUT2D eigenvalue weighted by Gasteiger charge is -2.39. The van der Waals surface area contributed by atoms with Crippen molar-refractivity contribution >= 4 is 5.69 Å². The van der Waals surface area contributed by atoms with Crippen LogP contribution in [-0.2, 0) is 11.8 Å². The van der Waals surface area contributed by atoms with Gasteiger partial charge in [0.15, 0.2) is 0 Å². The maximum absolute atomic E-state index is 3.84. The molecule has 1 atom stereocenters. The molecule has 2 aromatic carbocycles. The first-order valence-electron chi connectivity index (χ1n) is 8.28. The normalized spacial score (nSPS) is 22.8. The van der Waals surface area contributed by atoms with E-state index < -0.39 is 0 Å². The number of nitrogens with one attached hydrogen (secondary N) is 1. The minimum Gasteiger partial charge on any atom is -0.381 e. The second kappa shape index (κ2) is 5.22. The summed E-state index contributed by atoms with van der Waals surface area (Å²) >= 11 is 0. The monoisotopic (exact) mass is 277 g/mol. The summed E-state index contributed by atoms with van der Waals surface area (Å²) in [6.07, 6.45) is 7.98. The Balaban J connectivity index is 1.70. The summed E-state index contributed by atoms with van der Waals surface area (Å²) in [5, 5.41) is 3.84. The number of fused-ring (bicyclic) bond motifs is 2. The third-order valence-corrected chi connectivity index (χ3v) is 5.49. The van der Waals surface area contributed by atoms with Crippen LogP contribution in [-0.4, -0.2) is 6.04 Å². The fourth-order valence-corrected chi connectivity index (χ4v) is 4.45. The molecule has 1 N–H and O–H groups in total. The lowest BCUT2D eigenvalue weighted by molar-refractivity contribution is 0.266. The van der Waals surface area contributed by atoms with Gasteiger partial charge in [-0.15, -0.1) is 0 Å². The SMILES string of the molecule is c1ccc(CC2Nc3ccccc3C23CCCCC3)cc1. The van der Waals surface area contributed by atoms with Crippen molar-refractivity contribution in [3.63, 3.8) is 0 Å². The molecular weight excluding hydrogens is 254 g/mol. The summed E-state index contributed by atoms with van der Waals surface area (Å²) in [6.45, 7) is 0. The van der Waals surface area contributed by atoms with Gasteiger partial charge >= 0.3 is 0 Å². The molecule has 1 saturated carbocycles. The third kappa shape index (κ3) is 2.16. The van der Waals surface area contributed by atoms with Gasteiger partial charge in [-0.2, -0.15) is 0 Å². The first kappa shape index (κ1) is 12.9. The van der Waals surface area contributed by atoms with E-state index in [1.165, 1.54) is 43.4 Å². The fourth-order valence-electron chi connectivity index (χ4n) is 4.45. The Morgan fingerprint density at radius 3 is 2.38 bits per heavy atom. The van der Waals surface area contributed by atoms with E-state index in [1.54, 1.807) is 5.56 Å². The second-order valence-electron chi connectivity index (χ2n) is 6.65. The quantitative estimate of drug-likeness (QED) is 0.821. The first-order chi connectivity index (χ1) is 10.4. The summed E-state index contributed by atoms with van der Waals surface area (Å²) in [6, 6.07) is 20.5. The lowest BCUT2D eigenvalue weighted by Crippen LogP contribution is -2.42. The van der Waals surface area contributed by atoms with Gasteiger partial charge < -0.3 is 5.32 Å². The van der Waals surface area contributed by atoms with E-state index in [-0.39, 0.29) is 0 Å². The number of hydrogen-bond donors (Lipinski definition) is 1. The van der Waals surface area contributed by atoms with Gasteiger partial charge in [0.2, 0.25) is 0 Å². The van der Waals surface area contributed by atoms with E-state index in [1.807, 2.05) is 0 Å². The highest BCUT2D eigenvalue weighted by Gasteiger charge is 2.46. The van der Waals surface area contributed by atoms with Crippen LogP contribution < -0.4 is 5.32 Å². The minimum atomic E-state index is 0.366. The number of hydrogen-bond acceptors (Lipinski definition) is 1. The van der Waals surface area contributed by atoms with Crippen LogP contribution in [0.3, 0.4) is 0 Å². The van der Waals surface area contributed by atoms with Crippen LogP contribution >= 0.6 is 0 Å². The van der Waals surface area contributed by atoms with Crippen LogP contribution in [0.5, 0.6) is 0 Å². The number of rotatable bonds is 2. The van der Waals surface area contributed by atoms with Crippen molar-refractivity contribution in [2.24, 2.45) is 0 Å². The molecule has 0 amide bonds. The first-order valence-corrected chi connectivity index (χ1v) is 8.28. The van der Waals surface area contributed by atoms with Gasteiger partial charge in [0.25, 0.3) is 0 Å². The number of para-hydroxylation sites is 1. The van der Waals surface area contributed by atoms with Crippen molar-refractivity contribution in [1.82, 2.24) is 0 Å². The minimum absolute atomic E-state index is 0.366. The topological polar surface area (TPSA) is 12.0 Å². The van der Waals surface area contributed by atoms with E-state index in [4.69, 9.17) is 0 Å². The molecule has 4 rings (SSSR count). The fraction of sp³-hybridized carbons (Fsp3) is 0.400.